The predicted molar refractivity (Wildman–Crippen MR) is 117 cm³/mol. The number of amides is 1. The van der Waals surface area contributed by atoms with Gasteiger partial charge < -0.3 is 15.4 Å². The van der Waals surface area contributed by atoms with E-state index in [1.54, 1.807) is 0 Å². The number of fused-ring (bicyclic) bond motifs is 5. The normalized spacial score (nSPS) is 48.1. The van der Waals surface area contributed by atoms with E-state index < -0.39 is 5.54 Å². The molecule has 30 heavy (non-hydrogen) atoms. The highest BCUT2D eigenvalue weighted by atomic mass is 16.5. The van der Waals surface area contributed by atoms with Crippen molar-refractivity contribution in [2.75, 3.05) is 19.8 Å². The van der Waals surface area contributed by atoms with E-state index in [-0.39, 0.29) is 5.91 Å². The minimum atomic E-state index is -0.454. The van der Waals surface area contributed by atoms with Crippen molar-refractivity contribution in [3.63, 3.8) is 0 Å². The van der Waals surface area contributed by atoms with Crippen LogP contribution in [0.25, 0.3) is 0 Å². The van der Waals surface area contributed by atoms with Gasteiger partial charge in [-0.15, -0.1) is 0 Å². The van der Waals surface area contributed by atoms with E-state index in [0.29, 0.717) is 19.1 Å². The Kier molecular flexibility index (Phi) is 4.93. The molecule has 0 radical (unpaired) electrons. The van der Waals surface area contributed by atoms with Gasteiger partial charge in [0.2, 0.25) is 5.91 Å². The first-order chi connectivity index (χ1) is 14.7. The quantitative estimate of drug-likeness (QED) is 0.743. The molecule has 2 aliphatic heterocycles. The molecule has 4 heteroatoms. The second-order valence-corrected chi connectivity index (χ2v) is 11.5. The van der Waals surface area contributed by atoms with Gasteiger partial charge in [-0.05, 0) is 112 Å². The third-order valence-electron chi connectivity index (χ3n) is 10.7. The molecule has 0 bridgehead atoms. The molecule has 2 N–H and O–H groups in total. The first-order valence-electron chi connectivity index (χ1n) is 13.0. The fourth-order valence-corrected chi connectivity index (χ4v) is 9.60. The smallest absolute Gasteiger partial charge is 0.243 e. The molecule has 6 aliphatic rings. The van der Waals surface area contributed by atoms with Gasteiger partial charge in [-0.1, -0.05) is 12.8 Å². The third kappa shape index (κ3) is 2.84. The lowest BCUT2D eigenvalue weighted by Crippen LogP contribution is -2.60. The Balaban J connectivity index is 1.22. The van der Waals surface area contributed by atoms with Crippen LogP contribution in [0.1, 0.15) is 77.0 Å². The molecular formula is C26H40N2O2. The highest BCUT2D eigenvalue weighted by Crippen LogP contribution is 2.60. The SMILES string of the molecule is NC(=O)C1(C2CCC3C(CCC4C5CCCC5CCC34)C2)CCCN1C1=CCOC1. The predicted octanol–water partition coefficient (Wildman–Crippen LogP) is 4.49. The Morgan fingerprint density at radius 1 is 0.933 bits per heavy atom. The Bertz CT molecular complexity index is 720. The molecule has 0 aromatic rings. The zero-order valence-electron chi connectivity index (χ0n) is 18.6. The lowest BCUT2D eigenvalue weighted by atomic mass is 9.51. The van der Waals surface area contributed by atoms with E-state index >= 15 is 0 Å². The van der Waals surface area contributed by atoms with Crippen LogP contribution < -0.4 is 5.73 Å². The molecule has 166 valence electrons. The maximum atomic E-state index is 13.0. The van der Waals surface area contributed by atoms with Gasteiger partial charge in [-0.3, -0.25) is 4.79 Å². The summed E-state index contributed by atoms with van der Waals surface area (Å²) in [6.07, 6.45) is 18.4. The highest BCUT2D eigenvalue weighted by Gasteiger charge is 2.56. The summed E-state index contributed by atoms with van der Waals surface area (Å²) >= 11 is 0. The number of ether oxygens (including phenoxy) is 1. The number of rotatable bonds is 3. The molecule has 4 nitrogen and oxygen atoms in total. The van der Waals surface area contributed by atoms with Gasteiger partial charge in [0, 0.05) is 12.2 Å². The molecule has 0 aromatic carbocycles. The molecule has 1 amide bonds. The summed E-state index contributed by atoms with van der Waals surface area (Å²) < 4.78 is 5.62. The first-order valence-corrected chi connectivity index (χ1v) is 13.0. The Hall–Kier alpha value is -1.03. The van der Waals surface area contributed by atoms with Gasteiger partial charge in [0.15, 0.2) is 0 Å². The summed E-state index contributed by atoms with van der Waals surface area (Å²) in [5.74, 6) is 6.24. The summed E-state index contributed by atoms with van der Waals surface area (Å²) in [4.78, 5) is 15.4. The number of carbonyl (C=O) groups excluding carboxylic acids is 1. The van der Waals surface area contributed by atoms with E-state index in [4.69, 9.17) is 10.5 Å². The van der Waals surface area contributed by atoms with E-state index in [1.165, 1.54) is 69.9 Å². The lowest BCUT2D eigenvalue weighted by molar-refractivity contribution is -0.134. The molecule has 0 aromatic heterocycles. The van der Waals surface area contributed by atoms with Crippen LogP contribution in [0.3, 0.4) is 0 Å². The molecule has 4 saturated carbocycles. The zero-order valence-corrected chi connectivity index (χ0v) is 18.6. The summed E-state index contributed by atoms with van der Waals surface area (Å²) in [6.45, 7) is 2.30. The molecule has 0 spiro atoms. The van der Waals surface area contributed by atoms with Crippen molar-refractivity contribution in [2.24, 2.45) is 47.2 Å². The molecule has 2 heterocycles. The molecule has 8 atom stereocenters. The van der Waals surface area contributed by atoms with Crippen molar-refractivity contribution in [3.8, 4) is 0 Å². The van der Waals surface area contributed by atoms with Gasteiger partial charge in [-0.2, -0.15) is 0 Å². The first kappa shape index (κ1) is 19.6. The maximum Gasteiger partial charge on any atom is 0.243 e. The lowest BCUT2D eigenvalue weighted by Gasteiger charge is -2.55. The maximum absolute atomic E-state index is 13.0. The van der Waals surface area contributed by atoms with Crippen LogP contribution in [0.5, 0.6) is 0 Å². The fourth-order valence-electron chi connectivity index (χ4n) is 9.60. The van der Waals surface area contributed by atoms with Gasteiger partial charge in [0.05, 0.1) is 13.2 Å². The molecular weight excluding hydrogens is 372 g/mol. The second-order valence-electron chi connectivity index (χ2n) is 11.5. The third-order valence-corrected chi connectivity index (χ3v) is 10.7. The summed E-state index contributed by atoms with van der Waals surface area (Å²) in [6, 6.07) is 0. The summed E-state index contributed by atoms with van der Waals surface area (Å²) in [5, 5.41) is 0. The molecule has 1 saturated heterocycles. The molecule has 4 aliphatic carbocycles. The van der Waals surface area contributed by atoms with Gasteiger partial charge >= 0.3 is 0 Å². The average molecular weight is 413 g/mol. The summed E-state index contributed by atoms with van der Waals surface area (Å²) in [5.41, 5.74) is 6.97. The van der Waals surface area contributed by atoms with Crippen molar-refractivity contribution in [1.82, 2.24) is 4.90 Å². The van der Waals surface area contributed by atoms with Crippen molar-refractivity contribution < 1.29 is 9.53 Å². The van der Waals surface area contributed by atoms with E-state index in [9.17, 15) is 4.79 Å². The number of carbonyl (C=O) groups is 1. The van der Waals surface area contributed by atoms with Crippen LogP contribution in [-0.2, 0) is 9.53 Å². The van der Waals surface area contributed by atoms with Crippen LogP contribution in [-0.4, -0.2) is 36.1 Å². The molecule has 5 fully saturated rings. The van der Waals surface area contributed by atoms with Crippen molar-refractivity contribution in [1.29, 1.82) is 0 Å². The minimum Gasteiger partial charge on any atom is -0.371 e. The van der Waals surface area contributed by atoms with E-state index in [0.717, 1.165) is 54.9 Å². The number of hydrogen-bond donors (Lipinski definition) is 1. The van der Waals surface area contributed by atoms with Crippen LogP contribution in [0.4, 0.5) is 0 Å². The number of likely N-dealkylation sites (tertiary alicyclic amines) is 1. The standard InChI is InChI=1S/C26H40N2O2/c27-25(29)26(12-2-13-28(26)20-11-14-30-16-20)19-7-10-22-18(15-19)6-9-23-21-4-1-3-17(21)5-8-24(22)23/h11,17-19,21-24H,1-10,12-16H2,(H2,27,29). The number of nitrogens with zero attached hydrogens (tertiary/aromatic N) is 1. The largest absolute Gasteiger partial charge is 0.371 e. The van der Waals surface area contributed by atoms with E-state index in [1.807, 2.05) is 0 Å². The number of hydrogen-bond acceptors (Lipinski definition) is 3. The van der Waals surface area contributed by atoms with Crippen LogP contribution in [0.2, 0.25) is 0 Å². The number of primary amides is 1. The Morgan fingerprint density at radius 2 is 1.70 bits per heavy atom. The van der Waals surface area contributed by atoms with E-state index in [2.05, 4.69) is 11.0 Å². The molecule has 6 rings (SSSR count). The minimum absolute atomic E-state index is 0.0728. The Morgan fingerprint density at radius 3 is 2.47 bits per heavy atom. The second kappa shape index (κ2) is 7.53. The topological polar surface area (TPSA) is 55.6 Å². The van der Waals surface area contributed by atoms with Gasteiger partial charge in [0.25, 0.3) is 0 Å². The van der Waals surface area contributed by atoms with Crippen molar-refractivity contribution in [3.05, 3.63) is 11.8 Å². The highest BCUT2D eigenvalue weighted by molar-refractivity contribution is 5.86. The monoisotopic (exact) mass is 412 g/mol. The zero-order chi connectivity index (χ0) is 20.3. The number of nitrogens with two attached hydrogens (primary N) is 1. The Labute approximate surface area is 182 Å². The van der Waals surface area contributed by atoms with Gasteiger partial charge in [-0.25, -0.2) is 0 Å². The molecule has 8 unspecified atom stereocenters. The fraction of sp³-hybridized carbons (Fsp3) is 0.885. The van der Waals surface area contributed by atoms with Crippen LogP contribution in [0.15, 0.2) is 11.8 Å². The summed E-state index contributed by atoms with van der Waals surface area (Å²) in [7, 11) is 0. The van der Waals surface area contributed by atoms with Crippen LogP contribution in [0, 0.1) is 41.4 Å². The van der Waals surface area contributed by atoms with Gasteiger partial charge in [0.1, 0.15) is 5.54 Å². The van der Waals surface area contributed by atoms with Crippen molar-refractivity contribution in [2.45, 2.75) is 82.6 Å². The van der Waals surface area contributed by atoms with Crippen LogP contribution >= 0.6 is 0 Å². The van der Waals surface area contributed by atoms with Crippen molar-refractivity contribution >= 4 is 5.91 Å². The average Bonchev–Trinajstić information content (AvgIpc) is 3.52.